The quantitative estimate of drug-likeness (QED) is 0.790. The summed E-state index contributed by atoms with van der Waals surface area (Å²) in [5, 5.41) is 0.884. The van der Waals surface area contributed by atoms with E-state index in [0.29, 0.717) is 30.8 Å². The van der Waals surface area contributed by atoms with Gasteiger partial charge in [0.25, 0.3) is 0 Å². The smallest absolute Gasteiger partial charge is 0.114 e. The Morgan fingerprint density at radius 1 is 1.37 bits per heavy atom. The van der Waals surface area contributed by atoms with Gasteiger partial charge >= 0.3 is 0 Å². The van der Waals surface area contributed by atoms with Gasteiger partial charge in [0.2, 0.25) is 0 Å². The largest absolute Gasteiger partial charge is 0.296 e. The first kappa shape index (κ1) is 13.4. The van der Waals surface area contributed by atoms with Gasteiger partial charge in [0.15, 0.2) is 0 Å². The number of benzene rings is 1. The van der Waals surface area contributed by atoms with E-state index in [4.69, 9.17) is 11.6 Å². The summed E-state index contributed by atoms with van der Waals surface area (Å²) >= 11 is 6.42. The minimum atomic E-state index is -0.646. The molecule has 1 fully saturated rings. The van der Waals surface area contributed by atoms with Crippen molar-refractivity contribution in [2.24, 2.45) is 5.92 Å². The van der Waals surface area contributed by atoms with Gasteiger partial charge in [-0.1, -0.05) is 37.6 Å². The second-order valence-electron chi connectivity index (χ2n) is 6.23. The van der Waals surface area contributed by atoms with Crippen LogP contribution in [-0.4, -0.2) is 30.2 Å². The molecular formula is C16H21ClFN. The van der Waals surface area contributed by atoms with E-state index in [-0.39, 0.29) is 0 Å². The summed E-state index contributed by atoms with van der Waals surface area (Å²) < 4.78 is 13.5. The lowest BCUT2D eigenvalue weighted by Gasteiger charge is -2.32. The third kappa shape index (κ3) is 2.30. The highest BCUT2D eigenvalue weighted by molar-refractivity contribution is 6.31. The van der Waals surface area contributed by atoms with Crippen LogP contribution in [0, 0.1) is 5.92 Å². The molecule has 1 aromatic carbocycles. The molecule has 1 aliphatic heterocycles. The highest BCUT2D eigenvalue weighted by Gasteiger charge is 2.41. The summed E-state index contributed by atoms with van der Waals surface area (Å²) in [6.45, 7) is 5.98. The molecule has 0 spiro atoms. The fraction of sp³-hybridized carbons (Fsp3) is 0.625. The molecule has 0 saturated carbocycles. The first-order valence-corrected chi connectivity index (χ1v) is 7.61. The van der Waals surface area contributed by atoms with Crippen molar-refractivity contribution in [2.75, 3.05) is 13.1 Å². The maximum Gasteiger partial charge on any atom is 0.114 e. The number of likely N-dealkylation sites (tertiary alicyclic amines) is 1. The molecule has 3 rings (SSSR count). The molecule has 1 aliphatic carbocycles. The van der Waals surface area contributed by atoms with Crippen molar-refractivity contribution in [3.63, 3.8) is 0 Å². The molecule has 1 saturated heterocycles. The molecule has 0 bridgehead atoms. The van der Waals surface area contributed by atoms with Crippen LogP contribution >= 0.6 is 11.6 Å². The average molecular weight is 282 g/mol. The second kappa shape index (κ2) is 5.06. The predicted molar refractivity (Wildman–Crippen MR) is 77.6 cm³/mol. The van der Waals surface area contributed by atoms with E-state index in [1.54, 1.807) is 0 Å². The maximum absolute atomic E-state index is 13.5. The molecule has 2 aliphatic rings. The van der Waals surface area contributed by atoms with Gasteiger partial charge in [0, 0.05) is 30.1 Å². The van der Waals surface area contributed by atoms with E-state index in [1.165, 1.54) is 11.1 Å². The Bertz CT molecular complexity index is 474. The van der Waals surface area contributed by atoms with Crippen LogP contribution in [-0.2, 0) is 6.42 Å². The first-order valence-electron chi connectivity index (χ1n) is 7.23. The lowest BCUT2D eigenvalue weighted by molar-refractivity contribution is 0.183. The van der Waals surface area contributed by atoms with Crippen molar-refractivity contribution in [3.8, 4) is 0 Å². The zero-order chi connectivity index (χ0) is 13.6. The van der Waals surface area contributed by atoms with Gasteiger partial charge in [-0.25, -0.2) is 4.39 Å². The minimum absolute atomic E-state index is 0.427. The van der Waals surface area contributed by atoms with Crippen LogP contribution < -0.4 is 0 Å². The number of nitrogens with zero attached hydrogens (tertiary/aromatic N) is 1. The molecule has 0 amide bonds. The van der Waals surface area contributed by atoms with Crippen LogP contribution in [0.4, 0.5) is 4.39 Å². The Labute approximate surface area is 119 Å². The maximum atomic E-state index is 13.5. The summed E-state index contributed by atoms with van der Waals surface area (Å²) in [4.78, 5) is 2.34. The molecule has 3 atom stereocenters. The number of hydrogen-bond acceptors (Lipinski definition) is 1. The summed E-state index contributed by atoms with van der Waals surface area (Å²) in [5.74, 6) is 0.971. The fourth-order valence-electron chi connectivity index (χ4n) is 3.86. The molecule has 3 heteroatoms. The standard InChI is InChI=1S/C16H21ClFN/c1-10(2)15-14(19-7-6-12(18)9-19)8-11-4-3-5-13(17)16(11)15/h3-5,10,12,14-15H,6-9H2,1-2H3/t12-,14+,15-/m0/s1. The molecule has 0 aromatic heterocycles. The topological polar surface area (TPSA) is 3.24 Å². The summed E-state index contributed by atoms with van der Waals surface area (Å²) in [5.41, 5.74) is 2.67. The van der Waals surface area contributed by atoms with Crippen molar-refractivity contribution in [1.29, 1.82) is 0 Å². The molecule has 1 nitrogen and oxygen atoms in total. The van der Waals surface area contributed by atoms with Gasteiger partial charge in [0.05, 0.1) is 0 Å². The zero-order valence-corrected chi connectivity index (χ0v) is 12.3. The average Bonchev–Trinajstić information content (AvgIpc) is 2.92. The fourth-order valence-corrected chi connectivity index (χ4v) is 4.18. The molecule has 19 heavy (non-hydrogen) atoms. The number of hydrogen-bond donors (Lipinski definition) is 0. The van der Waals surface area contributed by atoms with Crippen LogP contribution in [0.5, 0.6) is 0 Å². The molecule has 1 heterocycles. The molecule has 0 radical (unpaired) electrons. The van der Waals surface area contributed by atoms with E-state index in [1.807, 2.05) is 12.1 Å². The summed E-state index contributed by atoms with van der Waals surface area (Å²) in [6.07, 6.45) is 1.06. The van der Waals surface area contributed by atoms with Gasteiger partial charge in [-0.3, -0.25) is 4.90 Å². The minimum Gasteiger partial charge on any atom is -0.296 e. The highest BCUT2D eigenvalue weighted by atomic mass is 35.5. The van der Waals surface area contributed by atoms with Crippen LogP contribution in [0.2, 0.25) is 5.02 Å². The first-order chi connectivity index (χ1) is 9.08. The van der Waals surface area contributed by atoms with E-state index in [9.17, 15) is 4.39 Å². The van der Waals surface area contributed by atoms with Crippen molar-refractivity contribution < 1.29 is 4.39 Å². The van der Waals surface area contributed by atoms with Gasteiger partial charge in [-0.2, -0.15) is 0 Å². The van der Waals surface area contributed by atoms with Crippen molar-refractivity contribution in [1.82, 2.24) is 4.90 Å². The Kier molecular flexibility index (Phi) is 3.57. The van der Waals surface area contributed by atoms with Gasteiger partial charge in [0.1, 0.15) is 6.17 Å². The number of alkyl halides is 1. The van der Waals surface area contributed by atoms with Crippen molar-refractivity contribution >= 4 is 11.6 Å². The predicted octanol–water partition coefficient (Wildman–Crippen LogP) is 4.05. The zero-order valence-electron chi connectivity index (χ0n) is 11.6. The van der Waals surface area contributed by atoms with Crippen molar-refractivity contribution in [2.45, 2.75) is 44.8 Å². The van der Waals surface area contributed by atoms with E-state index < -0.39 is 6.17 Å². The van der Waals surface area contributed by atoms with Gasteiger partial charge in [-0.05, 0) is 36.0 Å². The van der Waals surface area contributed by atoms with Crippen molar-refractivity contribution in [3.05, 3.63) is 34.3 Å². The lowest BCUT2D eigenvalue weighted by atomic mass is 9.86. The van der Waals surface area contributed by atoms with E-state index >= 15 is 0 Å². The molecule has 104 valence electrons. The number of fused-ring (bicyclic) bond motifs is 1. The third-order valence-electron chi connectivity index (χ3n) is 4.67. The Hall–Kier alpha value is -0.600. The Balaban J connectivity index is 1.94. The summed E-state index contributed by atoms with van der Waals surface area (Å²) in [7, 11) is 0. The molecular weight excluding hydrogens is 261 g/mol. The highest BCUT2D eigenvalue weighted by Crippen LogP contribution is 2.45. The normalized spacial score (nSPS) is 31.1. The number of halogens is 2. The number of rotatable bonds is 2. The van der Waals surface area contributed by atoms with Crippen LogP contribution in [0.15, 0.2) is 18.2 Å². The Morgan fingerprint density at radius 2 is 2.16 bits per heavy atom. The van der Waals surface area contributed by atoms with Gasteiger partial charge < -0.3 is 0 Å². The Morgan fingerprint density at radius 3 is 2.79 bits per heavy atom. The third-order valence-corrected chi connectivity index (χ3v) is 5.00. The molecule has 0 N–H and O–H groups in total. The van der Waals surface area contributed by atoms with Gasteiger partial charge in [-0.15, -0.1) is 0 Å². The molecule has 1 aromatic rings. The molecule has 0 unspecified atom stereocenters. The van der Waals surface area contributed by atoms with Crippen LogP contribution in [0.1, 0.15) is 37.3 Å². The summed E-state index contributed by atoms with van der Waals surface area (Å²) in [6, 6.07) is 6.62. The lowest BCUT2D eigenvalue weighted by Crippen LogP contribution is -2.38. The monoisotopic (exact) mass is 281 g/mol. The second-order valence-corrected chi connectivity index (χ2v) is 6.64. The SMILES string of the molecule is CC(C)[C@@H]1c2c(Cl)cccc2C[C@H]1N1CC[C@H](F)C1. The van der Waals surface area contributed by atoms with Crippen LogP contribution in [0.25, 0.3) is 0 Å². The van der Waals surface area contributed by atoms with E-state index in [0.717, 1.165) is 18.0 Å². The van der Waals surface area contributed by atoms with E-state index in [2.05, 4.69) is 24.8 Å². The van der Waals surface area contributed by atoms with Crippen LogP contribution in [0.3, 0.4) is 0 Å².